The molecule has 0 saturated carbocycles. The van der Waals surface area contributed by atoms with Crippen LogP contribution >= 0.6 is 0 Å². The first-order chi connectivity index (χ1) is 17.7. The maximum absolute atomic E-state index is 12.1. The molecule has 0 spiro atoms. The molecule has 200 valence electrons. The van der Waals surface area contributed by atoms with Gasteiger partial charge in [0.15, 0.2) is 0 Å². The Morgan fingerprint density at radius 3 is 1.32 bits per heavy atom. The maximum atomic E-state index is 12.1. The van der Waals surface area contributed by atoms with Gasteiger partial charge < -0.3 is 19.7 Å². The number of nitro benzene ring substituents is 2. The van der Waals surface area contributed by atoms with E-state index in [-0.39, 0.29) is 35.8 Å². The molecular weight excluding hydrogens is 488 g/mol. The number of non-ortho nitro benzene ring substituents is 2. The quantitative estimate of drug-likeness (QED) is 0.126. The number of rotatable bonds is 16. The van der Waals surface area contributed by atoms with Crippen LogP contribution < -0.4 is 0 Å². The van der Waals surface area contributed by atoms with E-state index in [0.29, 0.717) is 6.42 Å². The van der Waals surface area contributed by atoms with E-state index in [0.717, 1.165) is 75.6 Å². The number of hydrogen-bond donors (Lipinski definition) is 2. The van der Waals surface area contributed by atoms with Crippen molar-refractivity contribution in [2.75, 3.05) is 13.2 Å². The van der Waals surface area contributed by atoms with Gasteiger partial charge in [0.1, 0.15) is 11.5 Å². The summed E-state index contributed by atoms with van der Waals surface area (Å²) in [6.45, 7) is 0.383. The fourth-order valence-electron chi connectivity index (χ4n) is 3.57. The molecular formula is C25H30N2O10. The number of ether oxygens (including phenoxy) is 2. The van der Waals surface area contributed by atoms with Crippen molar-refractivity contribution in [1.29, 1.82) is 0 Å². The standard InChI is InChI=1S/C25H30N2O10/c28-22-14-19(15-23(29)17-22)25(31)37-11-9-7-5-3-1-2-4-6-8-10-36-24(30)18-12-20(26(32)33)16-21(13-18)27(34)35/h12-17,28-29H,1-11H2. The molecule has 0 bridgehead atoms. The molecule has 0 amide bonds. The highest BCUT2D eigenvalue weighted by Gasteiger charge is 2.20. The third-order valence-electron chi connectivity index (χ3n) is 5.45. The van der Waals surface area contributed by atoms with Crippen molar-refractivity contribution < 1.29 is 39.1 Å². The molecule has 0 atom stereocenters. The Labute approximate surface area is 213 Å². The van der Waals surface area contributed by atoms with Crippen molar-refractivity contribution in [2.45, 2.75) is 57.8 Å². The summed E-state index contributed by atoms with van der Waals surface area (Å²) in [6.07, 6.45) is 8.12. The predicted molar refractivity (Wildman–Crippen MR) is 132 cm³/mol. The van der Waals surface area contributed by atoms with Gasteiger partial charge in [-0.25, -0.2) is 9.59 Å². The van der Waals surface area contributed by atoms with Crippen molar-refractivity contribution >= 4 is 23.3 Å². The number of aromatic hydroxyl groups is 2. The number of benzene rings is 2. The number of carbonyl (C=O) groups excluding carboxylic acids is 2. The van der Waals surface area contributed by atoms with Gasteiger partial charge in [-0.1, -0.05) is 44.9 Å². The summed E-state index contributed by atoms with van der Waals surface area (Å²) in [4.78, 5) is 44.2. The van der Waals surface area contributed by atoms with Crippen LogP contribution in [0.3, 0.4) is 0 Å². The molecule has 0 aliphatic carbocycles. The minimum atomic E-state index is -0.836. The molecule has 0 heterocycles. The van der Waals surface area contributed by atoms with Crippen molar-refractivity contribution in [2.24, 2.45) is 0 Å². The molecule has 0 radical (unpaired) electrons. The van der Waals surface area contributed by atoms with Gasteiger partial charge in [-0.05, 0) is 25.0 Å². The number of unbranched alkanes of at least 4 members (excludes halogenated alkanes) is 8. The normalized spacial score (nSPS) is 10.6. The Kier molecular flexibility index (Phi) is 11.8. The Morgan fingerprint density at radius 1 is 0.595 bits per heavy atom. The molecule has 37 heavy (non-hydrogen) atoms. The zero-order chi connectivity index (χ0) is 27.2. The SMILES string of the molecule is O=C(OCCCCCCCCCCCOC(=O)c1cc([N+](=O)[O-])cc([N+](=O)[O-])c1)c1cc(O)cc(O)c1. The fourth-order valence-corrected chi connectivity index (χ4v) is 3.57. The van der Waals surface area contributed by atoms with Crippen LogP contribution in [0.5, 0.6) is 11.5 Å². The highest BCUT2D eigenvalue weighted by atomic mass is 16.6. The molecule has 0 aliphatic heterocycles. The van der Waals surface area contributed by atoms with E-state index in [1.54, 1.807) is 0 Å². The first-order valence-corrected chi connectivity index (χ1v) is 12.0. The molecule has 0 fully saturated rings. The van der Waals surface area contributed by atoms with Crippen LogP contribution in [-0.4, -0.2) is 45.2 Å². The Hall–Kier alpha value is -4.22. The number of esters is 2. The monoisotopic (exact) mass is 518 g/mol. The Bertz CT molecular complexity index is 1050. The van der Waals surface area contributed by atoms with E-state index in [1.165, 1.54) is 12.1 Å². The molecule has 0 aliphatic rings. The van der Waals surface area contributed by atoms with Gasteiger partial charge in [-0.2, -0.15) is 0 Å². The number of hydrogen-bond acceptors (Lipinski definition) is 10. The second-order valence-electron chi connectivity index (χ2n) is 8.44. The molecule has 2 N–H and O–H groups in total. The van der Waals surface area contributed by atoms with Crippen LogP contribution in [-0.2, 0) is 9.47 Å². The third kappa shape index (κ3) is 10.5. The molecule has 12 nitrogen and oxygen atoms in total. The van der Waals surface area contributed by atoms with Crippen LogP contribution in [0.1, 0.15) is 78.5 Å². The van der Waals surface area contributed by atoms with Gasteiger partial charge in [0.25, 0.3) is 11.4 Å². The van der Waals surface area contributed by atoms with Gasteiger partial charge >= 0.3 is 11.9 Å². The summed E-state index contributed by atoms with van der Waals surface area (Å²) in [6, 6.07) is 6.30. The number of nitrogens with zero attached hydrogens (tertiary/aromatic N) is 2. The lowest BCUT2D eigenvalue weighted by Crippen LogP contribution is -2.08. The second kappa shape index (κ2) is 15.0. The van der Waals surface area contributed by atoms with E-state index in [1.807, 2.05) is 0 Å². The second-order valence-corrected chi connectivity index (χ2v) is 8.44. The Balaban J connectivity index is 1.49. The van der Waals surface area contributed by atoms with Crippen LogP contribution in [0.4, 0.5) is 11.4 Å². The summed E-state index contributed by atoms with van der Waals surface area (Å²) >= 11 is 0. The van der Waals surface area contributed by atoms with E-state index in [9.17, 15) is 40.0 Å². The maximum Gasteiger partial charge on any atom is 0.338 e. The third-order valence-corrected chi connectivity index (χ3v) is 5.45. The summed E-state index contributed by atoms with van der Waals surface area (Å²) in [5.41, 5.74) is -1.22. The van der Waals surface area contributed by atoms with Crippen LogP contribution in [0.2, 0.25) is 0 Å². The van der Waals surface area contributed by atoms with Gasteiger partial charge in [-0.15, -0.1) is 0 Å². The first-order valence-electron chi connectivity index (χ1n) is 12.0. The van der Waals surface area contributed by atoms with Crippen molar-refractivity contribution in [3.63, 3.8) is 0 Å². The lowest BCUT2D eigenvalue weighted by Gasteiger charge is -2.06. The highest BCUT2D eigenvalue weighted by molar-refractivity contribution is 5.91. The fraction of sp³-hybridized carbons (Fsp3) is 0.440. The zero-order valence-corrected chi connectivity index (χ0v) is 20.3. The van der Waals surface area contributed by atoms with Crippen LogP contribution in [0.25, 0.3) is 0 Å². The zero-order valence-electron chi connectivity index (χ0n) is 20.3. The van der Waals surface area contributed by atoms with Gasteiger partial charge in [0.05, 0.1) is 40.3 Å². The molecule has 0 unspecified atom stereocenters. The largest absolute Gasteiger partial charge is 0.508 e. The average Bonchev–Trinajstić information content (AvgIpc) is 2.85. The van der Waals surface area contributed by atoms with E-state index in [2.05, 4.69) is 0 Å². The smallest absolute Gasteiger partial charge is 0.338 e. The molecule has 2 rings (SSSR count). The van der Waals surface area contributed by atoms with E-state index in [4.69, 9.17) is 9.47 Å². The summed E-state index contributed by atoms with van der Waals surface area (Å²) in [5, 5.41) is 40.6. The summed E-state index contributed by atoms with van der Waals surface area (Å²) in [7, 11) is 0. The van der Waals surface area contributed by atoms with Gasteiger partial charge in [-0.3, -0.25) is 20.2 Å². The number of nitro groups is 2. The van der Waals surface area contributed by atoms with Crippen LogP contribution in [0.15, 0.2) is 36.4 Å². The number of carbonyl (C=O) groups is 2. The molecule has 2 aromatic rings. The Morgan fingerprint density at radius 2 is 0.946 bits per heavy atom. The number of phenolic OH excluding ortho intramolecular Hbond substituents is 2. The van der Waals surface area contributed by atoms with E-state index >= 15 is 0 Å². The van der Waals surface area contributed by atoms with Crippen molar-refractivity contribution in [1.82, 2.24) is 0 Å². The van der Waals surface area contributed by atoms with Crippen molar-refractivity contribution in [3.8, 4) is 11.5 Å². The number of phenols is 2. The van der Waals surface area contributed by atoms with Gasteiger partial charge in [0, 0.05) is 18.2 Å². The lowest BCUT2D eigenvalue weighted by molar-refractivity contribution is -0.394. The average molecular weight is 519 g/mol. The molecule has 2 aromatic carbocycles. The topological polar surface area (TPSA) is 179 Å². The van der Waals surface area contributed by atoms with Crippen LogP contribution in [0, 0.1) is 20.2 Å². The minimum absolute atomic E-state index is 0.0975. The minimum Gasteiger partial charge on any atom is -0.508 e. The highest BCUT2D eigenvalue weighted by Crippen LogP contribution is 2.23. The van der Waals surface area contributed by atoms with E-state index < -0.39 is 33.2 Å². The summed E-state index contributed by atoms with van der Waals surface area (Å²) < 4.78 is 10.2. The van der Waals surface area contributed by atoms with Crippen molar-refractivity contribution in [3.05, 3.63) is 67.8 Å². The lowest BCUT2D eigenvalue weighted by atomic mass is 10.1. The first kappa shape index (κ1) is 29.0. The molecule has 12 heteroatoms. The summed E-state index contributed by atoms with van der Waals surface area (Å²) in [5.74, 6) is -1.84. The predicted octanol–water partition coefficient (Wildman–Crippen LogP) is 5.44. The molecule has 0 aromatic heterocycles. The van der Waals surface area contributed by atoms with Gasteiger partial charge in [0.2, 0.25) is 0 Å². The molecule has 0 saturated heterocycles.